The molecule has 0 aliphatic carbocycles. The molecule has 2 aromatic rings. The fourth-order valence-corrected chi connectivity index (χ4v) is 3.27. The molecule has 2 amide bonds. The van der Waals surface area contributed by atoms with Gasteiger partial charge in [-0.2, -0.15) is 0 Å². The minimum absolute atomic E-state index is 0.0616. The summed E-state index contributed by atoms with van der Waals surface area (Å²) in [5.74, 6) is -1.66. The Morgan fingerprint density at radius 2 is 2.15 bits per heavy atom. The molecular formula is C16H21N7O4. The van der Waals surface area contributed by atoms with E-state index in [9.17, 15) is 19.2 Å². The lowest BCUT2D eigenvalue weighted by Gasteiger charge is -2.25. The first-order chi connectivity index (χ1) is 13.3. The van der Waals surface area contributed by atoms with E-state index in [-0.39, 0.29) is 25.1 Å². The van der Waals surface area contributed by atoms with Gasteiger partial charge >= 0.3 is 5.69 Å². The van der Waals surface area contributed by atoms with Crippen molar-refractivity contribution in [2.75, 3.05) is 6.54 Å². The first-order valence-electron chi connectivity index (χ1n) is 8.92. The zero-order chi connectivity index (χ0) is 20.4. The van der Waals surface area contributed by atoms with Gasteiger partial charge in [-0.05, 0) is 18.7 Å². The van der Waals surface area contributed by atoms with Crippen molar-refractivity contribution in [2.45, 2.75) is 31.3 Å². The van der Waals surface area contributed by atoms with Crippen molar-refractivity contribution >= 4 is 11.8 Å². The molecule has 27 heavy (non-hydrogen) atoms. The molecule has 4 atom stereocenters. The largest absolute Gasteiger partial charge is 0.368 e. The van der Waals surface area contributed by atoms with Gasteiger partial charge in [0.15, 0.2) is 0 Å². The Kier molecular flexibility index (Phi) is 4.83. The standard InChI is InChI=1S/C16H21N7O4/c17-11(3-10-5-19-7-20-10)15(26)23-6-8(2-12(23)14(18)25)1-9-4-13(24)22-16(27)21-9/h4-5,7-8,11-12H,1-3,6,17H2,(H2,18,25)(H,19,20)(H2,21,22,24,27)/t8?,11-,12-/m0/s1/i1D/t1?,8?,11-,12-. The normalized spacial score (nSPS) is 22.3. The number of hydrogen-bond donors (Lipinski definition) is 5. The van der Waals surface area contributed by atoms with Crippen molar-refractivity contribution in [1.82, 2.24) is 24.8 Å². The van der Waals surface area contributed by atoms with Crippen LogP contribution >= 0.6 is 0 Å². The minimum atomic E-state index is -1.02. The molecule has 0 spiro atoms. The summed E-state index contributed by atoms with van der Waals surface area (Å²) in [7, 11) is 0. The van der Waals surface area contributed by atoms with E-state index in [1.165, 1.54) is 11.2 Å². The molecule has 2 unspecified atom stereocenters. The topological polar surface area (TPSA) is 184 Å². The van der Waals surface area contributed by atoms with Crippen molar-refractivity contribution in [2.24, 2.45) is 17.4 Å². The molecule has 7 N–H and O–H groups in total. The van der Waals surface area contributed by atoms with Crippen LogP contribution in [0.4, 0.5) is 0 Å². The Bertz CT molecular complexity index is 942. The van der Waals surface area contributed by atoms with Crippen LogP contribution in [0, 0.1) is 5.92 Å². The van der Waals surface area contributed by atoms with Crippen LogP contribution in [0.2, 0.25) is 0 Å². The highest BCUT2D eigenvalue weighted by Gasteiger charge is 2.40. The summed E-state index contributed by atoms with van der Waals surface area (Å²) >= 11 is 0. The summed E-state index contributed by atoms with van der Waals surface area (Å²) in [4.78, 5) is 60.0. The average Bonchev–Trinajstić information content (AvgIpc) is 3.29. The number of nitrogens with zero attached hydrogens (tertiary/aromatic N) is 2. The number of carbonyl (C=O) groups excluding carboxylic acids is 2. The predicted octanol–water partition coefficient (Wildman–Crippen LogP) is -2.40. The smallest absolute Gasteiger partial charge is 0.325 e. The summed E-state index contributed by atoms with van der Waals surface area (Å²) in [6, 6.07) is -0.705. The van der Waals surface area contributed by atoms with Gasteiger partial charge in [0.25, 0.3) is 5.56 Å². The molecule has 0 bridgehead atoms. The van der Waals surface area contributed by atoms with Crippen LogP contribution < -0.4 is 22.7 Å². The minimum Gasteiger partial charge on any atom is -0.368 e. The number of amides is 2. The Labute approximate surface area is 154 Å². The second kappa shape index (κ2) is 7.58. The third-order valence-corrected chi connectivity index (χ3v) is 4.45. The molecular weight excluding hydrogens is 354 g/mol. The third kappa shape index (κ3) is 4.31. The van der Waals surface area contributed by atoms with Crippen molar-refractivity contribution in [3.05, 3.63) is 50.8 Å². The number of hydrogen-bond acceptors (Lipinski definition) is 6. The second-order valence-electron chi connectivity index (χ2n) is 6.50. The van der Waals surface area contributed by atoms with Gasteiger partial charge in [0.1, 0.15) is 6.04 Å². The number of H-pyrrole nitrogens is 3. The first-order valence-corrected chi connectivity index (χ1v) is 8.34. The van der Waals surface area contributed by atoms with E-state index in [1.807, 2.05) is 4.98 Å². The van der Waals surface area contributed by atoms with E-state index in [2.05, 4.69) is 15.0 Å². The average molecular weight is 376 g/mol. The quantitative estimate of drug-likeness (QED) is 0.374. The summed E-state index contributed by atoms with van der Waals surface area (Å²) in [6.45, 7) is 0.0616. The zero-order valence-corrected chi connectivity index (χ0v) is 14.3. The summed E-state index contributed by atoms with van der Waals surface area (Å²) in [5.41, 5.74) is 10.9. The fraction of sp³-hybridized carbons (Fsp3) is 0.438. The van der Waals surface area contributed by atoms with Gasteiger partial charge in [-0.1, -0.05) is 0 Å². The number of likely N-dealkylation sites (tertiary alicyclic amines) is 1. The van der Waals surface area contributed by atoms with Crippen molar-refractivity contribution in [1.29, 1.82) is 0 Å². The number of imidazole rings is 1. The van der Waals surface area contributed by atoms with Crippen LogP contribution in [0.15, 0.2) is 28.2 Å². The Morgan fingerprint density at radius 3 is 2.78 bits per heavy atom. The number of nitrogens with two attached hydrogens (primary N) is 2. The van der Waals surface area contributed by atoms with E-state index >= 15 is 0 Å². The molecule has 1 saturated heterocycles. The maximum absolute atomic E-state index is 12.8. The maximum Gasteiger partial charge on any atom is 0.325 e. The van der Waals surface area contributed by atoms with Crippen LogP contribution in [0.3, 0.4) is 0 Å². The Balaban J connectivity index is 1.78. The van der Waals surface area contributed by atoms with Gasteiger partial charge in [0, 0.05) is 38.0 Å². The molecule has 0 radical (unpaired) electrons. The molecule has 0 aromatic carbocycles. The lowest BCUT2D eigenvalue weighted by atomic mass is 9.99. The fourth-order valence-electron chi connectivity index (χ4n) is 3.27. The van der Waals surface area contributed by atoms with Crippen molar-refractivity contribution in [3.8, 4) is 0 Å². The lowest BCUT2D eigenvalue weighted by molar-refractivity contribution is -0.138. The zero-order valence-electron chi connectivity index (χ0n) is 15.3. The third-order valence-electron chi connectivity index (χ3n) is 4.45. The molecule has 11 nitrogen and oxygen atoms in total. The molecule has 3 rings (SSSR count). The highest BCUT2D eigenvalue weighted by molar-refractivity contribution is 5.89. The second-order valence-corrected chi connectivity index (χ2v) is 6.50. The van der Waals surface area contributed by atoms with Crippen LogP contribution in [0.1, 0.15) is 19.2 Å². The monoisotopic (exact) mass is 376 g/mol. The van der Waals surface area contributed by atoms with Crippen LogP contribution in [0.25, 0.3) is 0 Å². The van der Waals surface area contributed by atoms with Crippen LogP contribution in [-0.2, 0) is 22.4 Å². The van der Waals surface area contributed by atoms with Gasteiger partial charge in [-0.3, -0.25) is 19.4 Å². The van der Waals surface area contributed by atoms with Gasteiger partial charge in [0.2, 0.25) is 11.8 Å². The molecule has 11 heteroatoms. The van der Waals surface area contributed by atoms with E-state index in [0.29, 0.717) is 5.69 Å². The highest BCUT2D eigenvalue weighted by atomic mass is 16.2. The van der Waals surface area contributed by atoms with E-state index < -0.39 is 47.5 Å². The van der Waals surface area contributed by atoms with Crippen molar-refractivity contribution < 1.29 is 11.0 Å². The molecule has 1 aliphatic heterocycles. The molecule has 1 fully saturated rings. The predicted molar refractivity (Wildman–Crippen MR) is 94.5 cm³/mol. The first kappa shape index (κ1) is 17.2. The maximum atomic E-state index is 12.8. The number of carbonyl (C=O) groups is 2. The number of aromatic amines is 3. The number of nitrogens with one attached hydrogen (secondary N) is 3. The number of aromatic nitrogens is 4. The van der Waals surface area contributed by atoms with E-state index in [1.54, 1.807) is 6.20 Å². The van der Waals surface area contributed by atoms with Gasteiger partial charge in [0.05, 0.1) is 12.4 Å². The molecule has 3 heterocycles. The molecule has 2 aromatic heterocycles. The van der Waals surface area contributed by atoms with Crippen LogP contribution in [0.5, 0.6) is 0 Å². The highest BCUT2D eigenvalue weighted by Crippen LogP contribution is 2.26. The summed E-state index contributed by atoms with van der Waals surface area (Å²) in [6.07, 6.45) is 2.35. The SMILES string of the molecule is [2H]C(c1cc(=O)[nH]c(=O)[nH]1)C1C[C@@H](C(N)=O)N(C(=O)[C@@H](N)Cc2cnc[nH]2)C1. The van der Waals surface area contributed by atoms with Gasteiger partial charge < -0.3 is 26.3 Å². The summed E-state index contributed by atoms with van der Waals surface area (Å²) < 4.78 is 8.37. The summed E-state index contributed by atoms with van der Waals surface area (Å²) in [5, 5.41) is 0. The Hall–Kier alpha value is -3.21. The van der Waals surface area contributed by atoms with E-state index in [0.717, 1.165) is 6.07 Å². The number of primary amides is 1. The van der Waals surface area contributed by atoms with Gasteiger partial charge in [-0.25, -0.2) is 9.78 Å². The molecule has 0 saturated carbocycles. The van der Waals surface area contributed by atoms with Gasteiger partial charge in [-0.15, -0.1) is 0 Å². The van der Waals surface area contributed by atoms with Crippen molar-refractivity contribution in [3.63, 3.8) is 0 Å². The molecule has 144 valence electrons. The molecule has 1 aliphatic rings. The number of rotatable bonds is 6. The lowest BCUT2D eigenvalue weighted by Crippen LogP contribution is -2.50. The van der Waals surface area contributed by atoms with E-state index in [4.69, 9.17) is 12.8 Å². The Morgan fingerprint density at radius 1 is 1.37 bits per heavy atom. The van der Waals surface area contributed by atoms with Crippen LogP contribution in [-0.4, -0.2) is 55.3 Å².